The molecule has 10 heteroatoms. The van der Waals surface area contributed by atoms with E-state index < -0.39 is 47.2 Å². The zero-order chi connectivity index (χ0) is 22.3. The summed E-state index contributed by atoms with van der Waals surface area (Å²) in [5, 5.41) is 2.30. The molecule has 2 aromatic rings. The van der Waals surface area contributed by atoms with Gasteiger partial charge in [0, 0.05) is 47.6 Å². The third-order valence-electron chi connectivity index (χ3n) is 4.37. The zero-order valence-corrected chi connectivity index (χ0v) is 15.9. The van der Waals surface area contributed by atoms with E-state index in [4.69, 9.17) is 0 Å². The van der Waals surface area contributed by atoms with Gasteiger partial charge in [-0.15, -0.1) is 0 Å². The van der Waals surface area contributed by atoms with Gasteiger partial charge in [-0.25, -0.2) is 18.2 Å². The van der Waals surface area contributed by atoms with Gasteiger partial charge in [-0.1, -0.05) is 6.07 Å². The van der Waals surface area contributed by atoms with Crippen LogP contribution in [-0.4, -0.2) is 22.6 Å². The first-order valence-corrected chi connectivity index (χ1v) is 8.84. The average Bonchev–Trinajstić information content (AvgIpc) is 2.58. The van der Waals surface area contributed by atoms with Crippen molar-refractivity contribution in [2.24, 2.45) is 0 Å². The highest BCUT2D eigenvalue weighted by Gasteiger charge is 2.38. The summed E-state index contributed by atoms with van der Waals surface area (Å²) in [5.41, 5.74) is -1.88. The van der Waals surface area contributed by atoms with E-state index in [0.717, 1.165) is 11.1 Å². The molecule has 0 saturated heterocycles. The highest BCUT2D eigenvalue weighted by molar-refractivity contribution is 5.96. The van der Waals surface area contributed by atoms with E-state index in [1.54, 1.807) is 12.1 Å². The van der Waals surface area contributed by atoms with Crippen LogP contribution in [0.3, 0.4) is 0 Å². The lowest BCUT2D eigenvalue weighted by molar-refractivity contribution is -0.149. The molecule has 30 heavy (non-hydrogen) atoms. The zero-order valence-electron chi connectivity index (χ0n) is 15.9. The molecule has 1 aromatic heterocycles. The molecule has 160 valence electrons. The molecule has 1 aliphatic heterocycles. The number of rotatable bonds is 4. The Balaban J connectivity index is 2.00. The van der Waals surface area contributed by atoms with Crippen molar-refractivity contribution in [1.82, 2.24) is 10.3 Å². The Bertz CT molecular complexity index is 993. The molecule has 0 radical (unpaired) electrons. The van der Waals surface area contributed by atoms with Crippen LogP contribution < -0.4 is 10.2 Å². The van der Waals surface area contributed by atoms with E-state index in [1.165, 1.54) is 20.0 Å². The van der Waals surface area contributed by atoms with Crippen LogP contribution in [0.5, 0.6) is 0 Å². The summed E-state index contributed by atoms with van der Waals surface area (Å²) in [6.07, 6.45) is -3.31. The molecule has 0 saturated carbocycles. The number of fused-ring (bicyclic) bond motifs is 1. The minimum atomic E-state index is -4.50. The number of hydrogen-bond donors (Lipinski definition) is 1. The van der Waals surface area contributed by atoms with Gasteiger partial charge < -0.3 is 5.32 Å². The number of hydrogen-bond acceptors (Lipinski definition) is 3. The SMILES string of the molecule is CC(C)(CC(F)(F)F)NC(=O)C1=CN(c2c(F)cc(F)cc2F)c2ncccc2C1. The quantitative estimate of drug-likeness (QED) is 0.702. The third kappa shape index (κ3) is 4.74. The third-order valence-corrected chi connectivity index (χ3v) is 4.37. The maximum Gasteiger partial charge on any atom is 0.391 e. The standard InChI is InChI=1S/C20H17F6N3O/c1-19(2,10-20(24,25)26)28-18(30)12-6-11-4-3-5-27-17(11)29(9-12)16-14(22)7-13(21)8-15(16)23/h3-5,7-9H,6,10H2,1-2H3,(H,28,30). The van der Waals surface area contributed by atoms with Crippen molar-refractivity contribution in [3.05, 3.63) is 65.3 Å². The number of carbonyl (C=O) groups excluding carboxylic acids is 1. The summed E-state index contributed by atoms with van der Waals surface area (Å²) in [6, 6.07) is 4.07. The van der Waals surface area contributed by atoms with Gasteiger partial charge in [-0.2, -0.15) is 13.2 Å². The molecule has 0 bridgehead atoms. The van der Waals surface area contributed by atoms with E-state index in [1.807, 2.05) is 0 Å². The van der Waals surface area contributed by atoms with Gasteiger partial charge in [0.25, 0.3) is 0 Å². The average molecular weight is 429 g/mol. The molecule has 0 unspecified atom stereocenters. The van der Waals surface area contributed by atoms with E-state index in [9.17, 15) is 31.1 Å². The summed E-state index contributed by atoms with van der Waals surface area (Å²) >= 11 is 0. The minimum absolute atomic E-state index is 0.0158. The number of benzene rings is 1. The first-order valence-electron chi connectivity index (χ1n) is 8.84. The Morgan fingerprint density at radius 3 is 2.40 bits per heavy atom. The van der Waals surface area contributed by atoms with Crippen LogP contribution in [0.4, 0.5) is 37.8 Å². The molecule has 3 rings (SSSR count). The number of halogens is 6. The van der Waals surface area contributed by atoms with Crippen LogP contribution >= 0.6 is 0 Å². The normalized spacial score (nSPS) is 14.3. The van der Waals surface area contributed by atoms with Crippen molar-refractivity contribution in [2.75, 3.05) is 4.90 Å². The monoisotopic (exact) mass is 429 g/mol. The fourth-order valence-electron chi connectivity index (χ4n) is 3.26. The predicted molar refractivity (Wildman–Crippen MR) is 97.4 cm³/mol. The fraction of sp³-hybridized carbons (Fsp3) is 0.300. The fourth-order valence-corrected chi connectivity index (χ4v) is 3.26. The van der Waals surface area contributed by atoms with Crippen LogP contribution in [0, 0.1) is 17.5 Å². The van der Waals surface area contributed by atoms with Gasteiger partial charge in [-0.3, -0.25) is 9.69 Å². The van der Waals surface area contributed by atoms with Gasteiger partial charge in [-0.05, 0) is 19.9 Å². The van der Waals surface area contributed by atoms with Gasteiger partial charge in [0.15, 0.2) is 11.6 Å². The summed E-state index contributed by atoms with van der Waals surface area (Å²) in [7, 11) is 0. The highest BCUT2D eigenvalue weighted by atomic mass is 19.4. The Kier molecular flexibility index (Phi) is 5.53. The number of amides is 1. The summed E-state index contributed by atoms with van der Waals surface area (Å²) in [4.78, 5) is 17.7. The van der Waals surface area contributed by atoms with Crippen molar-refractivity contribution in [3.63, 3.8) is 0 Å². The van der Waals surface area contributed by atoms with Crippen LogP contribution in [0.1, 0.15) is 25.8 Å². The molecule has 1 N–H and O–H groups in total. The van der Waals surface area contributed by atoms with Gasteiger partial charge in [0.1, 0.15) is 17.3 Å². The van der Waals surface area contributed by atoms with E-state index >= 15 is 0 Å². The number of pyridine rings is 1. The largest absolute Gasteiger partial charge is 0.391 e. The number of carbonyl (C=O) groups is 1. The first kappa shape index (κ1) is 21.7. The van der Waals surface area contributed by atoms with Gasteiger partial charge in [0.05, 0.1) is 6.42 Å². The van der Waals surface area contributed by atoms with Crippen LogP contribution in [0.15, 0.2) is 42.2 Å². The summed E-state index contributed by atoms with van der Waals surface area (Å²) < 4.78 is 80.3. The Morgan fingerprint density at radius 1 is 1.17 bits per heavy atom. The number of alkyl halides is 3. The van der Waals surface area contributed by atoms with E-state index in [-0.39, 0.29) is 17.8 Å². The van der Waals surface area contributed by atoms with Crippen LogP contribution in [0.2, 0.25) is 0 Å². The highest BCUT2D eigenvalue weighted by Crippen LogP contribution is 2.37. The van der Waals surface area contributed by atoms with Crippen molar-refractivity contribution in [2.45, 2.75) is 38.4 Å². The minimum Gasteiger partial charge on any atom is -0.347 e. The topological polar surface area (TPSA) is 45.2 Å². The lowest BCUT2D eigenvalue weighted by atomic mass is 9.97. The summed E-state index contributed by atoms with van der Waals surface area (Å²) in [6.45, 7) is 2.43. The molecular formula is C20H17F6N3O. The van der Waals surface area contributed by atoms with Crippen LogP contribution in [0.25, 0.3) is 0 Å². The lowest BCUT2D eigenvalue weighted by Gasteiger charge is -2.31. The number of nitrogens with one attached hydrogen (secondary N) is 1. The second kappa shape index (κ2) is 7.66. The molecular weight excluding hydrogens is 412 g/mol. The second-order valence-electron chi connectivity index (χ2n) is 7.54. The number of anilines is 2. The van der Waals surface area contributed by atoms with Crippen LogP contribution in [-0.2, 0) is 11.2 Å². The Morgan fingerprint density at radius 2 is 1.80 bits per heavy atom. The van der Waals surface area contributed by atoms with E-state index in [2.05, 4.69) is 10.3 Å². The summed E-state index contributed by atoms with van der Waals surface area (Å²) in [5.74, 6) is -4.28. The molecule has 2 heterocycles. The van der Waals surface area contributed by atoms with Gasteiger partial charge >= 0.3 is 6.18 Å². The molecule has 0 aliphatic carbocycles. The maximum atomic E-state index is 14.4. The van der Waals surface area contributed by atoms with Gasteiger partial charge in [0.2, 0.25) is 5.91 Å². The molecule has 0 fully saturated rings. The van der Waals surface area contributed by atoms with Crippen molar-refractivity contribution >= 4 is 17.4 Å². The van der Waals surface area contributed by atoms with Crippen molar-refractivity contribution in [1.29, 1.82) is 0 Å². The molecule has 1 aromatic carbocycles. The molecule has 1 amide bonds. The van der Waals surface area contributed by atoms with Crippen molar-refractivity contribution in [3.8, 4) is 0 Å². The lowest BCUT2D eigenvalue weighted by Crippen LogP contribution is -2.47. The van der Waals surface area contributed by atoms with Crippen molar-refractivity contribution < 1.29 is 31.1 Å². The molecule has 0 atom stereocenters. The Hall–Kier alpha value is -3.04. The molecule has 0 spiro atoms. The molecule has 4 nitrogen and oxygen atoms in total. The second-order valence-corrected chi connectivity index (χ2v) is 7.54. The van der Waals surface area contributed by atoms with E-state index in [0.29, 0.717) is 17.7 Å². The maximum absolute atomic E-state index is 14.4. The number of nitrogens with zero attached hydrogens (tertiary/aromatic N) is 2. The Labute approximate surface area is 168 Å². The predicted octanol–water partition coefficient (Wildman–Crippen LogP) is 4.92. The molecule has 1 aliphatic rings. The first-order chi connectivity index (χ1) is 13.9. The smallest absolute Gasteiger partial charge is 0.347 e. The number of aromatic nitrogens is 1.